The molecule has 1 aliphatic rings. The average Bonchev–Trinajstić information content (AvgIpc) is 2.54. The molecule has 1 aliphatic heterocycles. The van der Waals surface area contributed by atoms with Gasteiger partial charge in [0.15, 0.2) is 0 Å². The molecule has 1 fully saturated rings. The largest absolute Gasteiger partial charge is 0.340 e. The molecule has 134 valence electrons. The predicted molar refractivity (Wildman–Crippen MR) is 85.8 cm³/mol. The van der Waals surface area contributed by atoms with E-state index in [-0.39, 0.29) is 32.1 Å². The molecule has 5 nitrogen and oxygen atoms in total. The molecule has 0 unspecified atom stereocenters. The summed E-state index contributed by atoms with van der Waals surface area (Å²) in [6.45, 7) is 4.73. The van der Waals surface area contributed by atoms with Crippen molar-refractivity contribution in [1.29, 1.82) is 0 Å². The number of carbonyl (C=O) groups excluding carboxylic acids is 1. The Kier molecular flexibility index (Phi) is 5.92. The van der Waals surface area contributed by atoms with E-state index in [1.54, 1.807) is 4.90 Å². The summed E-state index contributed by atoms with van der Waals surface area (Å²) in [6, 6.07) is 2.36. The number of piperazine rings is 1. The van der Waals surface area contributed by atoms with Crippen LogP contribution >= 0.6 is 0 Å². The summed E-state index contributed by atoms with van der Waals surface area (Å²) >= 11 is 0. The molecule has 1 heterocycles. The third kappa shape index (κ3) is 4.30. The molecule has 1 aromatic carbocycles. The molecular weight excluding hydrogens is 338 g/mol. The van der Waals surface area contributed by atoms with Gasteiger partial charge in [-0.2, -0.15) is 4.31 Å². The minimum atomic E-state index is -4.11. The Morgan fingerprint density at radius 3 is 2.38 bits per heavy atom. The van der Waals surface area contributed by atoms with Crippen molar-refractivity contribution in [2.75, 3.05) is 26.2 Å². The monoisotopic (exact) mass is 360 g/mol. The smallest absolute Gasteiger partial charge is 0.246 e. The van der Waals surface area contributed by atoms with Gasteiger partial charge in [-0.05, 0) is 30.5 Å². The van der Waals surface area contributed by atoms with E-state index in [1.807, 2.05) is 13.8 Å². The number of sulfonamides is 1. The van der Waals surface area contributed by atoms with Crippen molar-refractivity contribution in [2.45, 2.75) is 31.6 Å². The molecule has 0 radical (unpaired) electrons. The third-order valence-corrected chi connectivity index (χ3v) is 5.95. The van der Waals surface area contributed by atoms with E-state index in [0.717, 1.165) is 22.9 Å². The fraction of sp³-hybridized carbons (Fsp3) is 0.562. The first-order valence-corrected chi connectivity index (χ1v) is 9.39. The number of hydrogen-bond donors (Lipinski definition) is 0. The molecule has 0 bridgehead atoms. The van der Waals surface area contributed by atoms with Crippen LogP contribution in [0.4, 0.5) is 8.78 Å². The first-order valence-electron chi connectivity index (χ1n) is 7.95. The Balaban J connectivity index is 2.03. The van der Waals surface area contributed by atoms with Gasteiger partial charge in [-0.3, -0.25) is 4.79 Å². The van der Waals surface area contributed by atoms with Crippen LogP contribution in [0.1, 0.15) is 26.7 Å². The fourth-order valence-electron chi connectivity index (χ4n) is 2.56. The van der Waals surface area contributed by atoms with Crippen LogP contribution < -0.4 is 0 Å². The molecule has 0 aliphatic carbocycles. The second-order valence-corrected chi connectivity index (χ2v) is 8.20. The average molecular weight is 360 g/mol. The van der Waals surface area contributed by atoms with Crippen LogP contribution in [0.5, 0.6) is 0 Å². The lowest BCUT2D eigenvalue weighted by Gasteiger charge is -2.34. The first-order chi connectivity index (χ1) is 11.2. The van der Waals surface area contributed by atoms with E-state index >= 15 is 0 Å². The molecule has 0 N–H and O–H groups in total. The van der Waals surface area contributed by atoms with E-state index < -0.39 is 26.6 Å². The zero-order valence-electron chi connectivity index (χ0n) is 13.8. The number of hydrogen-bond acceptors (Lipinski definition) is 3. The molecule has 8 heteroatoms. The van der Waals surface area contributed by atoms with Crippen LogP contribution in [0.3, 0.4) is 0 Å². The Morgan fingerprint density at radius 2 is 1.79 bits per heavy atom. The van der Waals surface area contributed by atoms with Crippen LogP contribution in [0.15, 0.2) is 23.1 Å². The molecule has 2 rings (SSSR count). The number of rotatable bonds is 5. The lowest BCUT2D eigenvalue weighted by molar-refractivity contribution is -0.132. The van der Waals surface area contributed by atoms with Crippen LogP contribution in [-0.2, 0) is 14.8 Å². The van der Waals surface area contributed by atoms with Gasteiger partial charge < -0.3 is 4.90 Å². The summed E-state index contributed by atoms with van der Waals surface area (Å²) in [5.74, 6) is -1.37. The van der Waals surface area contributed by atoms with Crippen molar-refractivity contribution in [3.05, 3.63) is 29.8 Å². The molecule has 24 heavy (non-hydrogen) atoms. The fourth-order valence-corrected chi connectivity index (χ4v) is 4.06. The van der Waals surface area contributed by atoms with Gasteiger partial charge in [0.2, 0.25) is 15.9 Å². The summed E-state index contributed by atoms with van der Waals surface area (Å²) in [5.41, 5.74) is 0. The Hall–Kier alpha value is -1.54. The van der Waals surface area contributed by atoms with Crippen LogP contribution in [0.2, 0.25) is 0 Å². The highest BCUT2D eigenvalue weighted by atomic mass is 32.2. The van der Waals surface area contributed by atoms with Crippen LogP contribution in [-0.4, -0.2) is 49.7 Å². The van der Waals surface area contributed by atoms with Gasteiger partial charge in [0.1, 0.15) is 16.5 Å². The van der Waals surface area contributed by atoms with Gasteiger partial charge in [-0.25, -0.2) is 17.2 Å². The van der Waals surface area contributed by atoms with Gasteiger partial charge in [0, 0.05) is 32.6 Å². The molecule has 0 aromatic heterocycles. The molecule has 0 atom stereocenters. The summed E-state index contributed by atoms with van der Waals surface area (Å²) in [7, 11) is -4.11. The lowest BCUT2D eigenvalue weighted by atomic mass is 10.1. The minimum absolute atomic E-state index is 0.00214. The van der Waals surface area contributed by atoms with Crippen molar-refractivity contribution < 1.29 is 22.0 Å². The maximum absolute atomic E-state index is 13.8. The Morgan fingerprint density at radius 1 is 1.17 bits per heavy atom. The predicted octanol–water partition coefficient (Wildman–Crippen LogP) is 2.23. The van der Waals surface area contributed by atoms with Crippen molar-refractivity contribution >= 4 is 15.9 Å². The number of nitrogens with zero attached hydrogens (tertiary/aromatic N) is 2. The molecule has 1 amide bonds. The highest BCUT2D eigenvalue weighted by Crippen LogP contribution is 2.22. The quantitative estimate of drug-likeness (QED) is 0.809. The zero-order valence-corrected chi connectivity index (χ0v) is 14.7. The summed E-state index contributed by atoms with van der Waals surface area (Å²) in [4.78, 5) is 13.0. The molecule has 1 saturated heterocycles. The topological polar surface area (TPSA) is 57.7 Å². The van der Waals surface area contributed by atoms with Crippen LogP contribution in [0, 0.1) is 17.6 Å². The van der Waals surface area contributed by atoms with Crippen molar-refractivity contribution in [1.82, 2.24) is 9.21 Å². The number of carbonyl (C=O) groups is 1. The normalized spacial score (nSPS) is 16.6. The maximum atomic E-state index is 13.8. The number of benzene rings is 1. The Labute approximate surface area is 141 Å². The van der Waals surface area contributed by atoms with Gasteiger partial charge in [-0.15, -0.1) is 0 Å². The Bertz CT molecular complexity index is 699. The van der Waals surface area contributed by atoms with Crippen LogP contribution in [0.25, 0.3) is 0 Å². The SMILES string of the molecule is CC(C)CCC(=O)N1CCN(S(=O)(=O)c2cc(F)ccc2F)CC1. The summed E-state index contributed by atoms with van der Waals surface area (Å²) in [6.07, 6.45) is 1.22. The van der Waals surface area contributed by atoms with Gasteiger partial charge in [0.05, 0.1) is 0 Å². The molecule has 0 spiro atoms. The highest BCUT2D eigenvalue weighted by Gasteiger charge is 2.32. The molecule has 1 aromatic rings. The standard InChI is InChI=1S/C16H22F2N2O3S/c1-12(2)3-6-16(21)19-7-9-20(10-8-19)24(22,23)15-11-13(17)4-5-14(15)18/h4-5,11-12H,3,6-10H2,1-2H3. The van der Waals surface area contributed by atoms with E-state index in [0.29, 0.717) is 18.4 Å². The van der Waals surface area contributed by atoms with Crippen molar-refractivity contribution in [3.8, 4) is 0 Å². The molecular formula is C16H22F2N2O3S. The summed E-state index contributed by atoms with van der Waals surface area (Å²) < 4.78 is 53.1. The highest BCUT2D eigenvalue weighted by molar-refractivity contribution is 7.89. The number of halogens is 2. The first kappa shape index (κ1) is 18.8. The van der Waals surface area contributed by atoms with Crippen molar-refractivity contribution in [2.24, 2.45) is 5.92 Å². The minimum Gasteiger partial charge on any atom is -0.340 e. The third-order valence-electron chi connectivity index (χ3n) is 4.04. The molecule has 0 saturated carbocycles. The number of amides is 1. The second-order valence-electron chi connectivity index (χ2n) is 6.29. The summed E-state index contributed by atoms with van der Waals surface area (Å²) in [5, 5.41) is 0. The van der Waals surface area contributed by atoms with Crippen molar-refractivity contribution in [3.63, 3.8) is 0 Å². The van der Waals surface area contributed by atoms with E-state index in [2.05, 4.69) is 0 Å². The second kappa shape index (κ2) is 7.57. The zero-order chi connectivity index (χ0) is 17.9. The maximum Gasteiger partial charge on any atom is 0.246 e. The van der Waals surface area contributed by atoms with E-state index in [9.17, 15) is 22.0 Å². The van der Waals surface area contributed by atoms with Gasteiger partial charge in [0.25, 0.3) is 0 Å². The van der Waals surface area contributed by atoms with Gasteiger partial charge in [-0.1, -0.05) is 13.8 Å². The van der Waals surface area contributed by atoms with E-state index in [4.69, 9.17) is 0 Å². The lowest BCUT2D eigenvalue weighted by Crippen LogP contribution is -2.50. The van der Waals surface area contributed by atoms with Gasteiger partial charge >= 0.3 is 0 Å². The van der Waals surface area contributed by atoms with E-state index in [1.165, 1.54) is 0 Å².